The van der Waals surface area contributed by atoms with E-state index >= 15 is 0 Å². The van der Waals surface area contributed by atoms with Crippen LogP contribution in [0.3, 0.4) is 0 Å². The Morgan fingerprint density at radius 2 is 0.505 bits per heavy atom. The molecule has 2 unspecified atom stereocenters. The molecule has 2 atom stereocenters. The van der Waals surface area contributed by atoms with Gasteiger partial charge in [0.15, 0.2) is 0 Å². The molecule has 6 heteroatoms. The molecule has 3 N–H and O–H groups in total. The van der Waals surface area contributed by atoms with E-state index in [2.05, 4.69) is 19.2 Å². The number of allylic oxidation sites excluding steroid dienone is 1. The Hall–Kier alpha value is -1.40. The van der Waals surface area contributed by atoms with E-state index in [1.54, 1.807) is 6.08 Å². The third-order valence-corrected chi connectivity index (χ3v) is 20.3. The number of ether oxygens (including phenoxy) is 1. The summed E-state index contributed by atoms with van der Waals surface area (Å²) in [5, 5.41) is 23.3. The number of esters is 1. The first kappa shape index (κ1) is 89.6. The van der Waals surface area contributed by atoms with E-state index in [4.69, 9.17) is 4.74 Å². The molecule has 1 amide bonds. The van der Waals surface area contributed by atoms with Crippen LogP contribution in [0.25, 0.3) is 0 Å². The monoisotopic (exact) mass is 1280 g/mol. The van der Waals surface area contributed by atoms with Crippen molar-refractivity contribution >= 4 is 11.9 Å². The molecule has 0 saturated carbocycles. The molecule has 0 aromatic heterocycles. The highest BCUT2D eigenvalue weighted by Crippen LogP contribution is 2.21. The molecule has 0 aromatic carbocycles. The van der Waals surface area contributed by atoms with Crippen molar-refractivity contribution in [3.8, 4) is 0 Å². The average Bonchev–Trinajstić information content (AvgIpc) is 3.56. The average molecular weight is 1280 g/mol. The summed E-state index contributed by atoms with van der Waals surface area (Å²) in [5.74, 6) is -0.0299. The lowest BCUT2D eigenvalue weighted by molar-refractivity contribution is -0.143. The van der Waals surface area contributed by atoms with Gasteiger partial charge in [0.2, 0.25) is 5.91 Å². The highest BCUT2D eigenvalue weighted by Gasteiger charge is 2.18. The van der Waals surface area contributed by atoms with Gasteiger partial charge in [0.25, 0.3) is 0 Å². The Labute approximate surface area is 571 Å². The van der Waals surface area contributed by atoms with Crippen LogP contribution in [0.4, 0.5) is 0 Å². The fraction of sp³-hybridized carbons (Fsp3) is 0.953. The van der Waals surface area contributed by atoms with Crippen molar-refractivity contribution in [3.63, 3.8) is 0 Å². The number of carbonyl (C=O) groups excluding carboxylic acids is 2. The van der Waals surface area contributed by atoms with Crippen molar-refractivity contribution in [2.45, 2.75) is 508 Å². The van der Waals surface area contributed by atoms with Crippen LogP contribution >= 0.6 is 0 Å². The number of unbranched alkanes of at least 4 members (excludes halogenated alkanes) is 70. The zero-order valence-electron chi connectivity index (χ0n) is 62.4. The molecule has 0 aliphatic rings. The van der Waals surface area contributed by atoms with Gasteiger partial charge in [-0.15, -0.1) is 0 Å². The van der Waals surface area contributed by atoms with Crippen LogP contribution in [-0.2, 0) is 14.3 Å². The molecule has 0 spiro atoms. The quantitative estimate of drug-likeness (QED) is 0.0320. The molecule has 542 valence electrons. The topological polar surface area (TPSA) is 95.9 Å². The minimum absolute atomic E-state index is 0.0274. The molecule has 91 heavy (non-hydrogen) atoms. The summed E-state index contributed by atoms with van der Waals surface area (Å²) in [7, 11) is 0. The first-order valence-corrected chi connectivity index (χ1v) is 42.5. The van der Waals surface area contributed by atoms with Crippen molar-refractivity contribution in [2.75, 3.05) is 13.2 Å². The molecule has 0 saturated heterocycles. The van der Waals surface area contributed by atoms with Gasteiger partial charge in [0.05, 0.1) is 25.4 Å². The molecule has 0 aliphatic carbocycles. The summed E-state index contributed by atoms with van der Waals surface area (Å²) >= 11 is 0. The summed E-state index contributed by atoms with van der Waals surface area (Å²) in [4.78, 5) is 24.7. The smallest absolute Gasteiger partial charge is 0.305 e. The highest BCUT2D eigenvalue weighted by molar-refractivity contribution is 5.76. The predicted molar refractivity (Wildman–Crippen MR) is 403 cm³/mol. The summed E-state index contributed by atoms with van der Waals surface area (Å²) in [5.41, 5.74) is 0. The molecular formula is C85H167NO5. The Morgan fingerprint density at radius 1 is 0.297 bits per heavy atom. The standard InChI is InChI=1S/C85H167NO5/c1-3-5-7-9-11-13-15-17-19-21-23-24-36-39-42-45-49-53-57-61-65-69-73-77-83(88)82(81-87)86-84(89)78-74-70-66-62-58-54-50-46-43-40-37-34-32-30-28-26-25-27-29-31-33-35-38-41-44-48-52-56-60-64-68-72-76-80-91-85(90)79-75-71-67-63-59-55-51-47-22-20-18-16-14-12-10-8-6-4-2/h73,77,82-83,87-88H,3-72,74-76,78-81H2,1-2H3,(H,86,89)/b77-73+. The van der Waals surface area contributed by atoms with Gasteiger partial charge in [0.1, 0.15) is 0 Å². The van der Waals surface area contributed by atoms with Crippen LogP contribution in [0.2, 0.25) is 0 Å². The van der Waals surface area contributed by atoms with E-state index in [1.807, 2.05) is 6.08 Å². The van der Waals surface area contributed by atoms with Crippen molar-refractivity contribution < 1.29 is 24.5 Å². The van der Waals surface area contributed by atoms with Crippen LogP contribution < -0.4 is 5.32 Å². The maximum Gasteiger partial charge on any atom is 0.305 e. The Kier molecular flexibility index (Phi) is 79.8. The van der Waals surface area contributed by atoms with E-state index in [9.17, 15) is 19.8 Å². The van der Waals surface area contributed by atoms with Crippen molar-refractivity contribution in [1.82, 2.24) is 5.32 Å². The Balaban J connectivity index is 3.33. The van der Waals surface area contributed by atoms with Crippen LogP contribution in [0, 0.1) is 0 Å². The van der Waals surface area contributed by atoms with Crippen molar-refractivity contribution in [2.24, 2.45) is 0 Å². The molecule has 0 fully saturated rings. The molecule has 0 radical (unpaired) electrons. The van der Waals surface area contributed by atoms with E-state index in [0.717, 1.165) is 38.5 Å². The third-order valence-electron chi connectivity index (χ3n) is 20.3. The number of rotatable bonds is 81. The molecule has 0 aliphatic heterocycles. The second kappa shape index (κ2) is 81.0. The SMILES string of the molecule is CCCCCCCCCCCCCCCCCCCCCCC/C=C/C(O)C(CO)NC(=O)CCCCCCCCCCCCCCCCCCCCCCCCCCCCCCCCCCCOC(=O)CCCCCCCCCCCCCCCCCCCC. The van der Waals surface area contributed by atoms with Crippen molar-refractivity contribution in [1.29, 1.82) is 0 Å². The Morgan fingerprint density at radius 3 is 0.747 bits per heavy atom. The summed E-state index contributed by atoms with van der Waals surface area (Å²) in [6, 6.07) is -0.625. The van der Waals surface area contributed by atoms with Gasteiger partial charge in [-0.1, -0.05) is 463 Å². The van der Waals surface area contributed by atoms with Crippen molar-refractivity contribution in [3.05, 3.63) is 12.2 Å². The second-order valence-electron chi connectivity index (χ2n) is 29.5. The number of hydrogen-bond donors (Lipinski definition) is 3. The lowest BCUT2D eigenvalue weighted by Gasteiger charge is -2.20. The molecule has 0 rings (SSSR count). The van der Waals surface area contributed by atoms with Gasteiger partial charge < -0.3 is 20.3 Å². The number of aliphatic hydroxyl groups excluding tert-OH is 2. The maximum atomic E-state index is 12.6. The normalized spacial score (nSPS) is 12.4. The number of aliphatic hydroxyl groups is 2. The summed E-state index contributed by atoms with van der Waals surface area (Å²) < 4.78 is 5.52. The van der Waals surface area contributed by atoms with Gasteiger partial charge in [-0.2, -0.15) is 0 Å². The molecular weight excluding hydrogens is 1110 g/mol. The van der Waals surface area contributed by atoms with E-state index in [1.165, 1.54) is 430 Å². The van der Waals surface area contributed by atoms with E-state index in [0.29, 0.717) is 19.4 Å². The summed E-state index contributed by atoms with van der Waals surface area (Å²) in [6.45, 7) is 4.98. The first-order chi connectivity index (χ1) is 45.0. The third kappa shape index (κ3) is 77.5. The zero-order valence-corrected chi connectivity index (χ0v) is 62.4. The maximum absolute atomic E-state index is 12.6. The van der Waals surface area contributed by atoms with Gasteiger partial charge >= 0.3 is 5.97 Å². The molecule has 0 heterocycles. The van der Waals surface area contributed by atoms with Crippen LogP contribution in [0.5, 0.6) is 0 Å². The van der Waals surface area contributed by atoms with Gasteiger partial charge in [-0.05, 0) is 32.1 Å². The van der Waals surface area contributed by atoms with Gasteiger partial charge in [-0.25, -0.2) is 0 Å². The lowest BCUT2D eigenvalue weighted by atomic mass is 10.0. The fourth-order valence-electron chi connectivity index (χ4n) is 13.9. The number of carbonyl (C=O) groups is 2. The van der Waals surface area contributed by atoms with Gasteiger partial charge in [0, 0.05) is 12.8 Å². The second-order valence-corrected chi connectivity index (χ2v) is 29.5. The van der Waals surface area contributed by atoms with Crippen LogP contribution in [-0.4, -0.2) is 47.4 Å². The molecule has 0 aromatic rings. The fourth-order valence-corrected chi connectivity index (χ4v) is 13.9. The number of hydrogen-bond acceptors (Lipinski definition) is 5. The largest absolute Gasteiger partial charge is 0.466 e. The zero-order chi connectivity index (χ0) is 65.6. The minimum Gasteiger partial charge on any atom is -0.466 e. The summed E-state index contributed by atoms with van der Waals surface area (Å²) in [6.07, 6.45) is 104. The van der Waals surface area contributed by atoms with Crippen LogP contribution in [0.15, 0.2) is 12.2 Å². The highest BCUT2D eigenvalue weighted by atomic mass is 16.5. The van der Waals surface area contributed by atoms with Gasteiger partial charge in [-0.3, -0.25) is 9.59 Å². The minimum atomic E-state index is -0.842. The van der Waals surface area contributed by atoms with E-state index in [-0.39, 0.29) is 18.5 Å². The number of nitrogens with one attached hydrogen (secondary N) is 1. The lowest BCUT2D eigenvalue weighted by Crippen LogP contribution is -2.45. The molecule has 6 nitrogen and oxygen atoms in total. The predicted octanol–water partition coefficient (Wildman–Crippen LogP) is 28.2. The Bertz CT molecular complexity index is 1380. The molecule has 0 bridgehead atoms. The van der Waals surface area contributed by atoms with E-state index < -0.39 is 12.1 Å². The van der Waals surface area contributed by atoms with Crippen LogP contribution in [0.1, 0.15) is 495 Å². The number of amides is 1. The first-order valence-electron chi connectivity index (χ1n) is 42.5.